The van der Waals surface area contributed by atoms with Crippen LogP contribution in [0.4, 0.5) is 0 Å². The molecular weight excluding hydrogens is 430 g/mol. The summed E-state index contributed by atoms with van der Waals surface area (Å²) in [5.74, 6) is 0.532. The zero-order valence-electron chi connectivity index (χ0n) is 17.1. The number of carbonyl (C=O) groups is 1. The highest BCUT2D eigenvalue weighted by atomic mass is 35.5. The molecule has 156 valence electrons. The normalized spacial score (nSPS) is 11.1. The minimum atomic E-state index is -0.103. The highest BCUT2D eigenvalue weighted by Crippen LogP contribution is 2.23. The van der Waals surface area contributed by atoms with E-state index < -0.39 is 0 Å². The molecule has 4 aromatic rings. The molecule has 0 aliphatic heterocycles. The smallest absolute Gasteiger partial charge is 0.262 e. The molecule has 4 rings (SSSR count). The van der Waals surface area contributed by atoms with Gasteiger partial charge in [-0.2, -0.15) is 0 Å². The van der Waals surface area contributed by atoms with Crippen LogP contribution in [0.3, 0.4) is 0 Å². The summed E-state index contributed by atoms with van der Waals surface area (Å²) in [7, 11) is 1.76. The highest BCUT2D eigenvalue weighted by Gasteiger charge is 2.13. The van der Waals surface area contributed by atoms with Crippen LogP contribution in [-0.2, 0) is 19.2 Å². The third kappa shape index (κ3) is 4.40. The average Bonchev–Trinajstić information content (AvgIpc) is 2.80. The Bertz CT molecular complexity index is 1320. The van der Waals surface area contributed by atoms with Crippen molar-refractivity contribution in [3.05, 3.63) is 98.6 Å². The number of aryl methyl sites for hydroxylation is 1. The van der Waals surface area contributed by atoms with Gasteiger partial charge < -0.3 is 0 Å². The van der Waals surface area contributed by atoms with Crippen LogP contribution in [0, 0.1) is 0 Å². The molecule has 2 aromatic heterocycles. The van der Waals surface area contributed by atoms with Crippen LogP contribution in [0.1, 0.15) is 34.0 Å². The van der Waals surface area contributed by atoms with Crippen LogP contribution in [0.15, 0.2) is 70.7 Å². The Morgan fingerprint density at radius 3 is 2.48 bits per heavy atom. The third-order valence-electron chi connectivity index (χ3n) is 5.10. The molecule has 0 aliphatic rings. The van der Waals surface area contributed by atoms with Gasteiger partial charge in [0.05, 0.1) is 10.9 Å². The molecular formula is C24H20ClN3O2S. The Labute approximate surface area is 189 Å². The van der Waals surface area contributed by atoms with Gasteiger partial charge in [0.15, 0.2) is 10.9 Å². The molecule has 0 radical (unpaired) electrons. The van der Waals surface area contributed by atoms with Gasteiger partial charge in [-0.25, -0.2) is 9.97 Å². The van der Waals surface area contributed by atoms with Gasteiger partial charge in [0.2, 0.25) is 0 Å². The molecule has 7 heteroatoms. The van der Waals surface area contributed by atoms with Gasteiger partial charge in [0.25, 0.3) is 5.56 Å². The number of ketones is 1. The van der Waals surface area contributed by atoms with Crippen LogP contribution < -0.4 is 5.56 Å². The number of benzene rings is 2. The number of hydrogen-bond acceptors (Lipinski definition) is 5. The van der Waals surface area contributed by atoms with E-state index in [1.54, 1.807) is 35.9 Å². The minimum absolute atomic E-state index is 0.0255. The van der Waals surface area contributed by atoms with E-state index in [-0.39, 0.29) is 11.3 Å². The van der Waals surface area contributed by atoms with E-state index in [0.717, 1.165) is 23.1 Å². The van der Waals surface area contributed by atoms with Gasteiger partial charge >= 0.3 is 0 Å². The number of thioether (sulfide) groups is 1. The van der Waals surface area contributed by atoms with E-state index in [0.29, 0.717) is 32.6 Å². The number of hydrogen-bond donors (Lipinski definition) is 0. The van der Waals surface area contributed by atoms with E-state index in [9.17, 15) is 9.59 Å². The monoisotopic (exact) mass is 449 g/mol. The Morgan fingerprint density at radius 2 is 1.81 bits per heavy atom. The lowest BCUT2D eigenvalue weighted by atomic mass is 10.0. The number of nitrogens with zero attached hydrogens (tertiary/aromatic N) is 3. The molecule has 0 unspecified atom stereocenters. The number of aromatic nitrogens is 3. The van der Waals surface area contributed by atoms with Crippen molar-refractivity contribution in [3.8, 4) is 0 Å². The first kappa shape index (κ1) is 21.3. The Hall–Kier alpha value is -2.96. The standard InChI is InChI=1S/C24H20ClN3O2S/c1-3-16-5-4-6-19-21(16)23(30)28(2)24(27-19)31-14-15-7-9-17(10-8-15)22(29)18-11-12-20(25)26-13-18/h4-13H,3,14H2,1-2H3. The molecule has 0 spiro atoms. The quantitative estimate of drug-likeness (QED) is 0.178. The van der Waals surface area contributed by atoms with Crippen molar-refractivity contribution in [1.29, 1.82) is 0 Å². The molecule has 2 aromatic carbocycles. The zero-order valence-corrected chi connectivity index (χ0v) is 18.7. The van der Waals surface area contributed by atoms with Crippen molar-refractivity contribution in [3.63, 3.8) is 0 Å². The Balaban J connectivity index is 1.53. The number of halogens is 1. The maximum atomic E-state index is 12.9. The maximum Gasteiger partial charge on any atom is 0.262 e. The molecule has 0 atom stereocenters. The second kappa shape index (κ2) is 9.04. The fourth-order valence-corrected chi connectivity index (χ4v) is 4.40. The maximum absolute atomic E-state index is 12.9. The van der Waals surface area contributed by atoms with Crippen molar-refractivity contribution in [1.82, 2.24) is 14.5 Å². The van der Waals surface area contributed by atoms with E-state index in [1.807, 2.05) is 37.3 Å². The lowest BCUT2D eigenvalue weighted by Gasteiger charge is -2.11. The van der Waals surface area contributed by atoms with Crippen LogP contribution in [-0.4, -0.2) is 20.3 Å². The van der Waals surface area contributed by atoms with Gasteiger partial charge in [-0.15, -0.1) is 0 Å². The van der Waals surface area contributed by atoms with Crippen molar-refractivity contribution in [2.45, 2.75) is 24.3 Å². The van der Waals surface area contributed by atoms with Crippen LogP contribution >= 0.6 is 23.4 Å². The number of fused-ring (bicyclic) bond motifs is 1. The first-order valence-corrected chi connectivity index (χ1v) is 11.2. The predicted molar refractivity (Wildman–Crippen MR) is 125 cm³/mol. The highest BCUT2D eigenvalue weighted by molar-refractivity contribution is 7.98. The first-order valence-electron chi connectivity index (χ1n) is 9.84. The molecule has 5 nitrogen and oxygen atoms in total. The first-order chi connectivity index (χ1) is 15.0. The molecule has 0 amide bonds. The topological polar surface area (TPSA) is 64.8 Å². The van der Waals surface area contributed by atoms with E-state index >= 15 is 0 Å². The SMILES string of the molecule is CCc1cccc2nc(SCc3ccc(C(=O)c4ccc(Cl)nc4)cc3)n(C)c(=O)c12. The summed E-state index contributed by atoms with van der Waals surface area (Å²) < 4.78 is 1.61. The Kier molecular flexibility index (Phi) is 6.20. The largest absolute Gasteiger partial charge is 0.290 e. The molecule has 0 saturated carbocycles. The van der Waals surface area contributed by atoms with Crippen LogP contribution in [0.2, 0.25) is 5.15 Å². The molecule has 0 aliphatic carbocycles. The van der Waals surface area contributed by atoms with Gasteiger partial charge in [-0.05, 0) is 35.7 Å². The van der Waals surface area contributed by atoms with Gasteiger partial charge in [0, 0.05) is 30.1 Å². The van der Waals surface area contributed by atoms with E-state index in [2.05, 4.69) is 4.98 Å². The summed E-state index contributed by atoms with van der Waals surface area (Å²) in [5, 5.41) is 1.71. The molecule has 2 heterocycles. The zero-order chi connectivity index (χ0) is 22.0. The van der Waals surface area contributed by atoms with Gasteiger partial charge in [0.1, 0.15) is 5.15 Å². The summed E-state index contributed by atoms with van der Waals surface area (Å²) in [5.41, 5.74) is 3.82. The molecule has 0 N–H and O–H groups in total. The van der Waals surface area contributed by atoms with E-state index in [1.165, 1.54) is 18.0 Å². The summed E-state index contributed by atoms with van der Waals surface area (Å²) in [6.07, 6.45) is 2.27. The van der Waals surface area contributed by atoms with Gasteiger partial charge in [-0.1, -0.05) is 66.7 Å². The fraction of sp³-hybridized carbons (Fsp3) is 0.167. The summed E-state index contributed by atoms with van der Waals surface area (Å²) in [6, 6.07) is 16.5. The number of rotatable bonds is 6. The lowest BCUT2D eigenvalue weighted by molar-refractivity contribution is 0.103. The van der Waals surface area contributed by atoms with Crippen LogP contribution in [0.5, 0.6) is 0 Å². The van der Waals surface area contributed by atoms with Crippen LogP contribution in [0.25, 0.3) is 10.9 Å². The summed E-state index contributed by atoms with van der Waals surface area (Å²) in [4.78, 5) is 34.1. The second-order valence-corrected chi connectivity index (χ2v) is 8.44. The van der Waals surface area contributed by atoms with Crippen molar-refractivity contribution in [2.24, 2.45) is 7.05 Å². The average molecular weight is 450 g/mol. The van der Waals surface area contributed by atoms with Crippen molar-refractivity contribution >= 4 is 40.0 Å². The molecule has 0 saturated heterocycles. The number of pyridine rings is 1. The van der Waals surface area contributed by atoms with E-state index in [4.69, 9.17) is 16.6 Å². The van der Waals surface area contributed by atoms with Crippen molar-refractivity contribution < 1.29 is 4.79 Å². The lowest BCUT2D eigenvalue weighted by Crippen LogP contribution is -2.21. The predicted octanol–water partition coefficient (Wildman–Crippen LogP) is 5.07. The minimum Gasteiger partial charge on any atom is -0.290 e. The molecule has 0 bridgehead atoms. The van der Waals surface area contributed by atoms with Gasteiger partial charge in [-0.3, -0.25) is 14.2 Å². The Morgan fingerprint density at radius 1 is 1.06 bits per heavy atom. The third-order valence-corrected chi connectivity index (χ3v) is 6.43. The fourth-order valence-electron chi connectivity index (χ4n) is 3.36. The second-order valence-electron chi connectivity index (χ2n) is 7.11. The summed E-state index contributed by atoms with van der Waals surface area (Å²) in [6.45, 7) is 2.04. The number of carbonyl (C=O) groups excluding carboxylic acids is 1. The van der Waals surface area contributed by atoms with Crippen molar-refractivity contribution in [2.75, 3.05) is 0 Å². The molecule has 31 heavy (non-hydrogen) atoms. The molecule has 0 fully saturated rings. The summed E-state index contributed by atoms with van der Waals surface area (Å²) >= 11 is 7.28.